The van der Waals surface area contributed by atoms with E-state index in [1.807, 2.05) is 0 Å². The van der Waals surface area contributed by atoms with E-state index in [0.717, 1.165) is 25.8 Å². The van der Waals surface area contributed by atoms with Crippen LogP contribution in [-0.4, -0.2) is 19.0 Å². The number of nitrogens with one attached hydrogen (secondary N) is 2. The van der Waals surface area contributed by atoms with Crippen molar-refractivity contribution in [3.63, 3.8) is 0 Å². The fourth-order valence-electron chi connectivity index (χ4n) is 3.49. The van der Waals surface area contributed by atoms with Gasteiger partial charge in [0.2, 0.25) is 5.91 Å². The molecule has 0 aromatic heterocycles. The number of benzene rings is 1. The minimum atomic E-state index is 0.252. The first-order valence-electron chi connectivity index (χ1n) is 7.93. The van der Waals surface area contributed by atoms with E-state index in [4.69, 9.17) is 0 Å². The zero-order valence-electron chi connectivity index (χ0n) is 12.0. The van der Waals surface area contributed by atoms with Gasteiger partial charge in [0.25, 0.3) is 0 Å². The highest BCUT2D eigenvalue weighted by molar-refractivity contribution is 5.78. The molecule has 0 spiro atoms. The van der Waals surface area contributed by atoms with E-state index < -0.39 is 0 Å². The highest BCUT2D eigenvalue weighted by Crippen LogP contribution is 2.25. The number of amides is 1. The molecule has 1 aliphatic heterocycles. The van der Waals surface area contributed by atoms with Gasteiger partial charge in [0.1, 0.15) is 0 Å². The fraction of sp³-hybridized carbons (Fsp3) is 0.588. The lowest BCUT2D eigenvalue weighted by Crippen LogP contribution is -2.41. The molecule has 1 atom stereocenters. The Morgan fingerprint density at radius 1 is 1.20 bits per heavy atom. The maximum atomic E-state index is 12.2. The highest BCUT2D eigenvalue weighted by Gasteiger charge is 2.23. The molecule has 3 nitrogen and oxygen atoms in total. The Balaban J connectivity index is 1.57. The van der Waals surface area contributed by atoms with Gasteiger partial charge in [0, 0.05) is 18.5 Å². The summed E-state index contributed by atoms with van der Waals surface area (Å²) in [5.41, 5.74) is 2.77. The Morgan fingerprint density at radius 2 is 2.00 bits per heavy atom. The van der Waals surface area contributed by atoms with Gasteiger partial charge >= 0.3 is 0 Å². The van der Waals surface area contributed by atoms with Crippen LogP contribution in [0, 0.1) is 5.92 Å². The summed E-state index contributed by atoms with van der Waals surface area (Å²) in [4.78, 5) is 12.2. The number of fused-ring (bicyclic) bond motifs is 1. The molecule has 1 amide bonds. The van der Waals surface area contributed by atoms with Crippen LogP contribution in [0.5, 0.6) is 0 Å². The third kappa shape index (κ3) is 3.04. The summed E-state index contributed by atoms with van der Waals surface area (Å²) in [6.45, 7) is 1.72. The van der Waals surface area contributed by atoms with E-state index in [9.17, 15) is 4.79 Å². The molecule has 2 aliphatic rings. The Labute approximate surface area is 121 Å². The Kier molecular flexibility index (Phi) is 4.36. The second-order valence-electron chi connectivity index (χ2n) is 6.04. The third-order valence-electron chi connectivity index (χ3n) is 4.67. The van der Waals surface area contributed by atoms with Crippen molar-refractivity contribution in [1.29, 1.82) is 0 Å². The number of carbonyl (C=O) groups excluding carboxylic acids is 1. The van der Waals surface area contributed by atoms with Crippen LogP contribution in [0.1, 0.15) is 49.3 Å². The van der Waals surface area contributed by atoms with Gasteiger partial charge in [-0.1, -0.05) is 43.5 Å². The molecular weight excluding hydrogens is 248 g/mol. The van der Waals surface area contributed by atoms with Crippen LogP contribution in [-0.2, 0) is 11.2 Å². The highest BCUT2D eigenvalue weighted by atomic mass is 16.1. The Morgan fingerprint density at radius 3 is 2.85 bits per heavy atom. The summed E-state index contributed by atoms with van der Waals surface area (Å²) in [5, 5.41) is 6.68. The van der Waals surface area contributed by atoms with Gasteiger partial charge < -0.3 is 10.6 Å². The zero-order valence-corrected chi connectivity index (χ0v) is 12.0. The van der Waals surface area contributed by atoms with Crippen molar-refractivity contribution >= 4 is 5.91 Å². The van der Waals surface area contributed by atoms with Crippen LogP contribution >= 0.6 is 0 Å². The topological polar surface area (TPSA) is 41.1 Å². The van der Waals surface area contributed by atoms with Crippen LogP contribution in [0.25, 0.3) is 0 Å². The summed E-state index contributed by atoms with van der Waals surface area (Å²) in [5.74, 6) is 0.511. The van der Waals surface area contributed by atoms with Crippen molar-refractivity contribution in [2.45, 2.75) is 44.6 Å². The molecule has 1 saturated carbocycles. The van der Waals surface area contributed by atoms with E-state index in [2.05, 4.69) is 34.9 Å². The fourth-order valence-corrected chi connectivity index (χ4v) is 3.49. The molecule has 2 N–H and O–H groups in total. The number of carbonyl (C=O) groups is 1. The van der Waals surface area contributed by atoms with Gasteiger partial charge in [-0.3, -0.25) is 4.79 Å². The van der Waals surface area contributed by atoms with Gasteiger partial charge in [-0.2, -0.15) is 0 Å². The molecule has 1 aromatic carbocycles. The molecule has 1 heterocycles. The SMILES string of the molecule is O=C(NCC1NCCc2ccccc21)C1CCCCC1. The van der Waals surface area contributed by atoms with E-state index in [1.54, 1.807) is 0 Å². The maximum absolute atomic E-state index is 12.2. The lowest BCUT2D eigenvalue weighted by Gasteiger charge is -2.28. The van der Waals surface area contributed by atoms with Gasteiger partial charge in [-0.15, -0.1) is 0 Å². The molecule has 0 saturated heterocycles. The normalized spacial score (nSPS) is 23.1. The molecule has 1 fully saturated rings. The largest absolute Gasteiger partial charge is 0.354 e. The van der Waals surface area contributed by atoms with Crippen LogP contribution in [0.2, 0.25) is 0 Å². The first kappa shape index (κ1) is 13.6. The van der Waals surface area contributed by atoms with Crippen LogP contribution < -0.4 is 10.6 Å². The van der Waals surface area contributed by atoms with Crippen molar-refractivity contribution in [1.82, 2.24) is 10.6 Å². The van der Waals surface area contributed by atoms with Gasteiger partial charge in [-0.05, 0) is 36.9 Å². The second-order valence-corrected chi connectivity index (χ2v) is 6.04. The predicted octanol–water partition coefficient (Wildman–Crippen LogP) is 2.57. The van der Waals surface area contributed by atoms with E-state index in [-0.39, 0.29) is 17.9 Å². The van der Waals surface area contributed by atoms with Crippen LogP contribution in [0.15, 0.2) is 24.3 Å². The van der Waals surface area contributed by atoms with E-state index >= 15 is 0 Å². The summed E-state index contributed by atoms with van der Waals surface area (Å²) in [7, 11) is 0. The minimum Gasteiger partial charge on any atom is -0.354 e. The maximum Gasteiger partial charge on any atom is 0.223 e. The molecule has 108 valence electrons. The zero-order chi connectivity index (χ0) is 13.8. The van der Waals surface area contributed by atoms with E-state index in [1.165, 1.54) is 30.4 Å². The summed E-state index contributed by atoms with van der Waals surface area (Å²) >= 11 is 0. The number of rotatable bonds is 3. The summed E-state index contributed by atoms with van der Waals surface area (Å²) < 4.78 is 0. The van der Waals surface area contributed by atoms with Gasteiger partial charge in [0.05, 0.1) is 0 Å². The Hall–Kier alpha value is -1.35. The average molecular weight is 272 g/mol. The molecular formula is C17H24N2O. The molecule has 20 heavy (non-hydrogen) atoms. The summed E-state index contributed by atoms with van der Waals surface area (Å²) in [6.07, 6.45) is 6.94. The molecule has 0 radical (unpaired) electrons. The standard InChI is InChI=1S/C17H24N2O/c20-17(14-7-2-1-3-8-14)19-12-16-15-9-5-4-6-13(15)10-11-18-16/h4-6,9,14,16,18H,1-3,7-8,10-12H2,(H,19,20). The second kappa shape index (κ2) is 6.40. The van der Waals surface area contributed by atoms with Crippen molar-refractivity contribution in [3.05, 3.63) is 35.4 Å². The predicted molar refractivity (Wildman–Crippen MR) is 80.5 cm³/mol. The number of hydrogen-bond donors (Lipinski definition) is 2. The lowest BCUT2D eigenvalue weighted by atomic mass is 9.88. The molecule has 3 heteroatoms. The lowest BCUT2D eigenvalue weighted by molar-refractivity contribution is -0.126. The Bertz CT molecular complexity index is 466. The van der Waals surface area contributed by atoms with E-state index in [0.29, 0.717) is 6.54 Å². The summed E-state index contributed by atoms with van der Waals surface area (Å²) in [6, 6.07) is 8.83. The van der Waals surface area contributed by atoms with Crippen molar-refractivity contribution < 1.29 is 4.79 Å². The first-order valence-corrected chi connectivity index (χ1v) is 7.93. The monoisotopic (exact) mass is 272 g/mol. The van der Waals surface area contributed by atoms with Gasteiger partial charge in [-0.25, -0.2) is 0 Å². The van der Waals surface area contributed by atoms with Crippen LogP contribution in [0.4, 0.5) is 0 Å². The minimum absolute atomic E-state index is 0.252. The van der Waals surface area contributed by atoms with Gasteiger partial charge in [0.15, 0.2) is 0 Å². The molecule has 3 rings (SSSR count). The molecule has 1 aromatic rings. The molecule has 0 bridgehead atoms. The average Bonchev–Trinajstić information content (AvgIpc) is 2.53. The van der Waals surface area contributed by atoms with Crippen molar-refractivity contribution in [2.75, 3.05) is 13.1 Å². The van der Waals surface area contributed by atoms with Crippen molar-refractivity contribution in [3.8, 4) is 0 Å². The molecule has 1 unspecified atom stereocenters. The third-order valence-corrected chi connectivity index (χ3v) is 4.67. The smallest absolute Gasteiger partial charge is 0.223 e. The van der Waals surface area contributed by atoms with Crippen molar-refractivity contribution in [2.24, 2.45) is 5.92 Å². The van der Waals surface area contributed by atoms with Crippen LogP contribution in [0.3, 0.4) is 0 Å². The first-order chi connectivity index (χ1) is 9.84. The quantitative estimate of drug-likeness (QED) is 0.888. The number of hydrogen-bond acceptors (Lipinski definition) is 2. The molecule has 1 aliphatic carbocycles.